The number of aromatic amines is 1. The molecule has 4 nitrogen and oxygen atoms in total. The Labute approximate surface area is 94.1 Å². The molecule has 1 aromatic carbocycles. The number of carbonyl (C=O) groups excluding carboxylic acids is 1. The van der Waals surface area contributed by atoms with Crippen LogP contribution >= 0.6 is 0 Å². The zero-order valence-corrected chi connectivity index (χ0v) is 9.66. The molecule has 2 N–H and O–H groups in total. The second-order valence-corrected chi connectivity index (χ2v) is 4.20. The van der Waals surface area contributed by atoms with E-state index in [1.807, 2.05) is 39.0 Å². The van der Waals surface area contributed by atoms with E-state index in [0.29, 0.717) is 0 Å². The van der Waals surface area contributed by atoms with Gasteiger partial charge in [0.2, 0.25) is 5.91 Å². The first-order chi connectivity index (χ1) is 7.56. The summed E-state index contributed by atoms with van der Waals surface area (Å²) in [4.78, 5) is 19.0. The number of anilines is 1. The highest BCUT2D eigenvalue weighted by atomic mass is 16.1. The molecule has 2 aromatic rings. The van der Waals surface area contributed by atoms with Crippen LogP contribution in [0.25, 0.3) is 11.0 Å². The van der Waals surface area contributed by atoms with Crippen LogP contribution in [0.2, 0.25) is 0 Å². The van der Waals surface area contributed by atoms with E-state index in [9.17, 15) is 4.79 Å². The fraction of sp³-hybridized carbons (Fsp3) is 0.333. The molecule has 0 saturated heterocycles. The molecule has 0 fully saturated rings. The molecule has 84 valence electrons. The first-order valence-corrected chi connectivity index (χ1v) is 5.33. The van der Waals surface area contributed by atoms with Gasteiger partial charge >= 0.3 is 0 Å². The highest BCUT2D eigenvalue weighted by molar-refractivity contribution is 5.94. The van der Waals surface area contributed by atoms with E-state index in [2.05, 4.69) is 15.3 Å². The number of benzene rings is 1. The lowest BCUT2D eigenvalue weighted by atomic mass is 10.2. The van der Waals surface area contributed by atoms with E-state index in [-0.39, 0.29) is 11.8 Å². The Morgan fingerprint density at radius 2 is 2.19 bits per heavy atom. The number of nitrogens with zero attached hydrogens (tertiary/aromatic N) is 1. The molecule has 0 bridgehead atoms. The third-order valence-electron chi connectivity index (χ3n) is 2.39. The number of hydrogen-bond acceptors (Lipinski definition) is 2. The maximum Gasteiger partial charge on any atom is 0.226 e. The van der Waals surface area contributed by atoms with E-state index in [4.69, 9.17) is 0 Å². The van der Waals surface area contributed by atoms with Crippen molar-refractivity contribution < 1.29 is 4.79 Å². The number of aryl methyl sites for hydroxylation is 1. The average Bonchev–Trinajstić information content (AvgIpc) is 2.57. The highest BCUT2D eigenvalue weighted by Crippen LogP contribution is 2.17. The zero-order chi connectivity index (χ0) is 11.7. The Morgan fingerprint density at radius 1 is 1.44 bits per heavy atom. The van der Waals surface area contributed by atoms with Gasteiger partial charge in [-0.15, -0.1) is 0 Å². The number of H-pyrrole nitrogens is 1. The maximum absolute atomic E-state index is 11.5. The number of imidazole rings is 1. The standard InChI is InChI=1S/C12H15N3O/c1-7(2)12(16)15-9-4-5-10-11(6-9)14-8(3)13-10/h4-7H,1-3H3,(H,13,14)(H,15,16). The minimum Gasteiger partial charge on any atom is -0.342 e. The van der Waals surface area contributed by atoms with Crippen LogP contribution in [0.3, 0.4) is 0 Å². The van der Waals surface area contributed by atoms with Crippen LogP contribution < -0.4 is 5.32 Å². The Hall–Kier alpha value is -1.84. The van der Waals surface area contributed by atoms with Gasteiger partial charge in [-0.3, -0.25) is 4.79 Å². The van der Waals surface area contributed by atoms with Gasteiger partial charge in [-0.25, -0.2) is 4.98 Å². The second kappa shape index (κ2) is 3.96. The number of rotatable bonds is 2. The molecule has 2 rings (SSSR count). The van der Waals surface area contributed by atoms with Crippen molar-refractivity contribution in [2.75, 3.05) is 5.32 Å². The molecule has 1 heterocycles. The van der Waals surface area contributed by atoms with Gasteiger partial charge in [-0.05, 0) is 25.1 Å². The average molecular weight is 217 g/mol. The van der Waals surface area contributed by atoms with Crippen molar-refractivity contribution in [1.82, 2.24) is 9.97 Å². The zero-order valence-electron chi connectivity index (χ0n) is 9.66. The Balaban J connectivity index is 2.29. The summed E-state index contributed by atoms with van der Waals surface area (Å²) in [5.74, 6) is 0.886. The lowest BCUT2D eigenvalue weighted by molar-refractivity contribution is -0.118. The van der Waals surface area contributed by atoms with Crippen molar-refractivity contribution in [3.8, 4) is 0 Å². The topological polar surface area (TPSA) is 57.8 Å². The largest absolute Gasteiger partial charge is 0.342 e. The summed E-state index contributed by atoms with van der Waals surface area (Å²) in [6.07, 6.45) is 0. The van der Waals surface area contributed by atoms with Gasteiger partial charge in [-0.2, -0.15) is 0 Å². The normalized spacial score (nSPS) is 11.0. The fourth-order valence-corrected chi connectivity index (χ4v) is 1.50. The van der Waals surface area contributed by atoms with Crippen molar-refractivity contribution in [1.29, 1.82) is 0 Å². The molecule has 0 spiro atoms. The second-order valence-electron chi connectivity index (χ2n) is 4.20. The summed E-state index contributed by atoms with van der Waals surface area (Å²) in [5.41, 5.74) is 2.66. The van der Waals surface area contributed by atoms with E-state index in [0.717, 1.165) is 22.5 Å². The smallest absolute Gasteiger partial charge is 0.226 e. The maximum atomic E-state index is 11.5. The van der Waals surface area contributed by atoms with Crippen LogP contribution in [0.4, 0.5) is 5.69 Å². The summed E-state index contributed by atoms with van der Waals surface area (Å²) < 4.78 is 0. The summed E-state index contributed by atoms with van der Waals surface area (Å²) in [5, 5.41) is 2.86. The first-order valence-electron chi connectivity index (χ1n) is 5.33. The van der Waals surface area contributed by atoms with Gasteiger partial charge in [-0.1, -0.05) is 13.8 Å². The van der Waals surface area contributed by atoms with E-state index in [1.165, 1.54) is 0 Å². The van der Waals surface area contributed by atoms with Crippen molar-refractivity contribution in [2.45, 2.75) is 20.8 Å². The SMILES string of the molecule is Cc1nc2ccc(NC(=O)C(C)C)cc2[nH]1. The van der Waals surface area contributed by atoms with Crippen molar-refractivity contribution in [3.05, 3.63) is 24.0 Å². The molecule has 0 aliphatic heterocycles. The predicted molar refractivity (Wildman–Crippen MR) is 64.3 cm³/mol. The van der Waals surface area contributed by atoms with Crippen LogP contribution in [-0.2, 0) is 4.79 Å². The van der Waals surface area contributed by atoms with Gasteiger partial charge < -0.3 is 10.3 Å². The van der Waals surface area contributed by atoms with Crippen molar-refractivity contribution in [2.24, 2.45) is 5.92 Å². The molecule has 16 heavy (non-hydrogen) atoms. The van der Waals surface area contributed by atoms with Gasteiger partial charge in [0.1, 0.15) is 5.82 Å². The number of carbonyl (C=O) groups is 1. The number of hydrogen-bond donors (Lipinski definition) is 2. The summed E-state index contributed by atoms with van der Waals surface area (Å²) in [7, 11) is 0. The number of fused-ring (bicyclic) bond motifs is 1. The molecule has 0 aliphatic rings. The van der Waals surface area contributed by atoms with Crippen LogP contribution in [0.1, 0.15) is 19.7 Å². The van der Waals surface area contributed by atoms with Gasteiger partial charge in [0, 0.05) is 11.6 Å². The molecule has 1 amide bonds. The van der Waals surface area contributed by atoms with Crippen LogP contribution in [-0.4, -0.2) is 15.9 Å². The summed E-state index contributed by atoms with van der Waals surface area (Å²) in [6.45, 7) is 5.65. The minimum atomic E-state index is -0.0146. The molecular formula is C12H15N3O. The molecule has 1 aromatic heterocycles. The first kappa shape index (κ1) is 10.7. The Morgan fingerprint density at radius 3 is 2.88 bits per heavy atom. The fourth-order valence-electron chi connectivity index (χ4n) is 1.50. The van der Waals surface area contributed by atoms with E-state index in [1.54, 1.807) is 0 Å². The lowest BCUT2D eigenvalue weighted by Gasteiger charge is -2.07. The monoisotopic (exact) mass is 217 g/mol. The molecule has 0 unspecified atom stereocenters. The van der Waals surface area contributed by atoms with Gasteiger partial charge in [0.25, 0.3) is 0 Å². The summed E-state index contributed by atoms with van der Waals surface area (Å²) >= 11 is 0. The molecule has 4 heteroatoms. The Bertz CT molecular complexity index is 528. The van der Waals surface area contributed by atoms with E-state index < -0.39 is 0 Å². The quantitative estimate of drug-likeness (QED) is 0.811. The molecular weight excluding hydrogens is 202 g/mol. The predicted octanol–water partition coefficient (Wildman–Crippen LogP) is 2.47. The summed E-state index contributed by atoms with van der Waals surface area (Å²) in [6, 6.07) is 5.66. The molecule has 0 aliphatic carbocycles. The van der Waals surface area contributed by atoms with Crippen LogP contribution in [0.15, 0.2) is 18.2 Å². The molecule has 0 saturated carbocycles. The third kappa shape index (κ3) is 2.05. The van der Waals surface area contributed by atoms with Crippen LogP contribution in [0.5, 0.6) is 0 Å². The van der Waals surface area contributed by atoms with Crippen LogP contribution in [0, 0.1) is 12.8 Å². The molecule has 0 radical (unpaired) electrons. The number of nitrogens with one attached hydrogen (secondary N) is 2. The number of aromatic nitrogens is 2. The minimum absolute atomic E-state index is 0.0146. The van der Waals surface area contributed by atoms with Crippen molar-refractivity contribution in [3.63, 3.8) is 0 Å². The third-order valence-corrected chi connectivity index (χ3v) is 2.39. The highest BCUT2D eigenvalue weighted by Gasteiger charge is 2.07. The van der Waals surface area contributed by atoms with E-state index >= 15 is 0 Å². The van der Waals surface area contributed by atoms with Crippen molar-refractivity contribution >= 4 is 22.6 Å². The number of amides is 1. The lowest BCUT2D eigenvalue weighted by Crippen LogP contribution is -2.17. The Kier molecular flexibility index (Phi) is 2.64. The van der Waals surface area contributed by atoms with Gasteiger partial charge in [0.15, 0.2) is 0 Å². The molecule has 0 atom stereocenters. The van der Waals surface area contributed by atoms with Gasteiger partial charge in [0.05, 0.1) is 11.0 Å².